The van der Waals surface area contributed by atoms with Crippen LogP contribution in [0.2, 0.25) is 0 Å². The topological polar surface area (TPSA) is 54.5 Å². The van der Waals surface area contributed by atoms with Crippen molar-refractivity contribution in [3.63, 3.8) is 0 Å². The minimum absolute atomic E-state index is 0.0277. The van der Waals surface area contributed by atoms with Crippen LogP contribution >= 0.6 is 0 Å². The average Bonchev–Trinajstić information content (AvgIpc) is 2.67. The molecule has 0 saturated carbocycles. The Balaban J connectivity index is 1.93. The summed E-state index contributed by atoms with van der Waals surface area (Å²) >= 11 is 0. The van der Waals surface area contributed by atoms with Crippen molar-refractivity contribution in [2.24, 2.45) is 0 Å². The normalized spacial score (nSPS) is 17.4. The number of nitrogens with zero attached hydrogens (tertiary/aromatic N) is 2. The van der Waals surface area contributed by atoms with Crippen molar-refractivity contribution in [2.45, 2.75) is 25.3 Å². The third kappa shape index (κ3) is 3.20. The lowest BCUT2D eigenvalue weighted by atomic mass is 9.94. The number of aromatic nitrogens is 1. The highest BCUT2D eigenvalue weighted by atomic mass is 16.5. The van der Waals surface area contributed by atoms with Gasteiger partial charge < -0.3 is 15.0 Å². The first kappa shape index (κ1) is 16.3. The molecule has 126 valence electrons. The van der Waals surface area contributed by atoms with Crippen LogP contribution in [0.5, 0.6) is 5.75 Å². The van der Waals surface area contributed by atoms with E-state index in [4.69, 9.17) is 4.74 Å². The second kappa shape index (κ2) is 7.34. The van der Waals surface area contributed by atoms with E-state index >= 15 is 0 Å². The molecule has 0 bridgehead atoms. The minimum Gasteiger partial charge on any atom is -0.497 e. The van der Waals surface area contributed by atoms with Crippen molar-refractivity contribution < 1.29 is 9.53 Å². The number of amides is 1. The number of likely N-dealkylation sites (tertiary alicyclic amines) is 1. The van der Waals surface area contributed by atoms with E-state index in [-0.39, 0.29) is 11.9 Å². The number of carbonyl (C=O) groups is 1. The second-order valence-electron chi connectivity index (χ2n) is 5.94. The molecule has 5 nitrogen and oxygen atoms in total. The minimum atomic E-state index is 0.0277. The van der Waals surface area contributed by atoms with Crippen LogP contribution in [0.4, 0.5) is 5.82 Å². The average molecular weight is 325 g/mol. The highest BCUT2D eigenvalue weighted by Gasteiger charge is 2.30. The van der Waals surface area contributed by atoms with Crippen LogP contribution < -0.4 is 10.1 Å². The summed E-state index contributed by atoms with van der Waals surface area (Å²) in [5.74, 6) is 1.47. The fraction of sp³-hybridized carbons (Fsp3) is 0.368. The zero-order valence-electron chi connectivity index (χ0n) is 14.2. The number of benzene rings is 1. The maximum Gasteiger partial charge on any atom is 0.258 e. The fourth-order valence-corrected chi connectivity index (χ4v) is 3.30. The number of pyridine rings is 1. The highest BCUT2D eigenvalue weighted by Crippen LogP contribution is 2.34. The molecule has 1 atom stereocenters. The number of anilines is 1. The lowest BCUT2D eigenvalue weighted by molar-refractivity contribution is 0.0612. The van der Waals surface area contributed by atoms with Crippen LogP contribution in [0.1, 0.15) is 41.2 Å². The molecule has 1 aromatic carbocycles. The number of carbonyl (C=O) groups excluding carboxylic acids is 1. The Hall–Kier alpha value is -2.56. The molecule has 2 heterocycles. The molecule has 0 aliphatic carbocycles. The maximum atomic E-state index is 13.1. The quantitative estimate of drug-likeness (QED) is 0.935. The van der Waals surface area contributed by atoms with Crippen LogP contribution in [0.3, 0.4) is 0 Å². The third-order valence-electron chi connectivity index (χ3n) is 4.52. The van der Waals surface area contributed by atoms with Gasteiger partial charge in [0.2, 0.25) is 0 Å². The molecule has 0 spiro atoms. The molecule has 0 radical (unpaired) electrons. The lowest BCUT2D eigenvalue weighted by Gasteiger charge is -2.36. The van der Waals surface area contributed by atoms with Gasteiger partial charge in [0, 0.05) is 19.8 Å². The number of hydrogen-bond acceptors (Lipinski definition) is 4. The SMILES string of the molecule is CNc1ncccc1C(=O)N1CCCC[C@@H]1c1cccc(OC)c1. The predicted octanol–water partition coefficient (Wildman–Crippen LogP) is 3.50. The first-order chi connectivity index (χ1) is 11.7. The Bertz CT molecular complexity index is 717. The molecule has 2 aromatic rings. The van der Waals surface area contributed by atoms with Gasteiger partial charge in [0.15, 0.2) is 0 Å². The Morgan fingerprint density at radius 1 is 1.29 bits per heavy atom. The van der Waals surface area contributed by atoms with Crippen LogP contribution in [0.15, 0.2) is 42.6 Å². The zero-order chi connectivity index (χ0) is 16.9. The second-order valence-corrected chi connectivity index (χ2v) is 5.94. The van der Waals surface area contributed by atoms with Crippen LogP contribution in [0.25, 0.3) is 0 Å². The van der Waals surface area contributed by atoms with Gasteiger partial charge in [-0.1, -0.05) is 12.1 Å². The predicted molar refractivity (Wildman–Crippen MR) is 94.4 cm³/mol. The molecule has 1 N–H and O–H groups in total. The third-order valence-corrected chi connectivity index (χ3v) is 4.52. The van der Waals surface area contributed by atoms with E-state index < -0.39 is 0 Å². The van der Waals surface area contributed by atoms with Crippen molar-refractivity contribution in [3.05, 3.63) is 53.7 Å². The first-order valence-electron chi connectivity index (χ1n) is 8.32. The number of piperidine rings is 1. The van der Waals surface area contributed by atoms with Gasteiger partial charge >= 0.3 is 0 Å². The largest absolute Gasteiger partial charge is 0.497 e. The number of rotatable bonds is 4. The zero-order valence-corrected chi connectivity index (χ0v) is 14.2. The van der Waals surface area contributed by atoms with Gasteiger partial charge in [0.1, 0.15) is 11.6 Å². The molecule has 5 heteroatoms. The number of hydrogen-bond donors (Lipinski definition) is 1. The van der Waals surface area contributed by atoms with Gasteiger partial charge in [-0.3, -0.25) is 4.79 Å². The van der Waals surface area contributed by atoms with Gasteiger partial charge in [0.05, 0.1) is 18.7 Å². The maximum absolute atomic E-state index is 13.1. The van der Waals surface area contributed by atoms with Crippen molar-refractivity contribution in [2.75, 3.05) is 26.0 Å². The van der Waals surface area contributed by atoms with Gasteiger partial charge in [-0.05, 0) is 49.1 Å². The summed E-state index contributed by atoms with van der Waals surface area (Å²) in [6, 6.07) is 11.7. The highest BCUT2D eigenvalue weighted by molar-refractivity contribution is 5.99. The summed E-state index contributed by atoms with van der Waals surface area (Å²) in [6.45, 7) is 0.763. The van der Waals surface area contributed by atoms with E-state index in [0.29, 0.717) is 11.4 Å². The molecule has 1 aliphatic rings. The van der Waals surface area contributed by atoms with Crippen LogP contribution in [0, 0.1) is 0 Å². The molecular formula is C19H23N3O2. The summed E-state index contributed by atoms with van der Waals surface area (Å²) in [4.78, 5) is 19.4. The van der Waals surface area contributed by atoms with Crippen LogP contribution in [-0.2, 0) is 0 Å². The summed E-state index contributed by atoms with van der Waals surface area (Å²) in [7, 11) is 3.45. The summed E-state index contributed by atoms with van der Waals surface area (Å²) in [5, 5.41) is 3.01. The fourth-order valence-electron chi connectivity index (χ4n) is 3.30. The molecule has 1 aliphatic heterocycles. The molecule has 0 unspecified atom stereocenters. The van der Waals surface area contributed by atoms with E-state index in [0.717, 1.165) is 37.1 Å². The molecule has 3 rings (SSSR count). The standard InChI is InChI=1S/C19H23N3O2/c1-20-18-16(9-6-11-21-18)19(23)22-12-4-3-10-17(22)14-7-5-8-15(13-14)24-2/h5-9,11,13,17H,3-4,10,12H2,1-2H3,(H,20,21)/t17-/m1/s1. The summed E-state index contributed by atoms with van der Waals surface area (Å²) in [5.41, 5.74) is 1.74. The molecular weight excluding hydrogens is 302 g/mol. The molecule has 24 heavy (non-hydrogen) atoms. The van der Waals surface area contributed by atoms with Crippen LogP contribution in [-0.4, -0.2) is 36.5 Å². The van der Waals surface area contributed by atoms with E-state index in [2.05, 4.69) is 16.4 Å². The van der Waals surface area contributed by atoms with E-state index in [1.165, 1.54) is 0 Å². The molecule has 1 saturated heterocycles. The summed E-state index contributed by atoms with van der Waals surface area (Å²) in [6.07, 6.45) is 4.81. The van der Waals surface area contributed by atoms with Crippen molar-refractivity contribution in [3.8, 4) is 5.75 Å². The Morgan fingerprint density at radius 3 is 2.96 bits per heavy atom. The number of ether oxygens (including phenoxy) is 1. The number of methoxy groups -OCH3 is 1. The smallest absolute Gasteiger partial charge is 0.258 e. The molecule has 1 amide bonds. The van der Waals surface area contributed by atoms with Crippen molar-refractivity contribution in [1.29, 1.82) is 0 Å². The van der Waals surface area contributed by atoms with Gasteiger partial charge in [0.25, 0.3) is 5.91 Å². The van der Waals surface area contributed by atoms with E-state index in [1.54, 1.807) is 26.4 Å². The summed E-state index contributed by atoms with van der Waals surface area (Å²) < 4.78 is 5.34. The van der Waals surface area contributed by atoms with Gasteiger partial charge in [-0.2, -0.15) is 0 Å². The monoisotopic (exact) mass is 325 g/mol. The molecule has 1 fully saturated rings. The Kier molecular flexibility index (Phi) is 4.99. The lowest BCUT2D eigenvalue weighted by Crippen LogP contribution is -2.38. The van der Waals surface area contributed by atoms with Gasteiger partial charge in [-0.15, -0.1) is 0 Å². The van der Waals surface area contributed by atoms with Gasteiger partial charge in [-0.25, -0.2) is 4.98 Å². The molecule has 1 aromatic heterocycles. The van der Waals surface area contributed by atoms with Crippen molar-refractivity contribution >= 4 is 11.7 Å². The first-order valence-corrected chi connectivity index (χ1v) is 8.32. The van der Waals surface area contributed by atoms with Crippen molar-refractivity contribution in [1.82, 2.24) is 9.88 Å². The number of nitrogens with one attached hydrogen (secondary N) is 1. The Labute approximate surface area is 142 Å². The Morgan fingerprint density at radius 2 is 2.17 bits per heavy atom. The van der Waals surface area contributed by atoms with E-state index in [1.807, 2.05) is 29.2 Å². The van der Waals surface area contributed by atoms with E-state index in [9.17, 15) is 4.79 Å².